The molecule has 0 saturated carbocycles. The van der Waals surface area contributed by atoms with Gasteiger partial charge in [-0.05, 0) is 30.5 Å². The third kappa shape index (κ3) is 3.22. The molecule has 0 aliphatic heterocycles. The predicted molar refractivity (Wildman–Crippen MR) is 61.7 cm³/mol. The molecular formula is C11H15BrO2. The summed E-state index contributed by atoms with van der Waals surface area (Å²) in [7, 11) is 3.34. The fraction of sp³-hybridized carbons (Fsp3) is 0.455. The largest absolute Gasteiger partial charge is 0.497 e. The van der Waals surface area contributed by atoms with E-state index in [1.807, 2.05) is 18.2 Å². The van der Waals surface area contributed by atoms with E-state index in [0.29, 0.717) is 0 Å². The van der Waals surface area contributed by atoms with E-state index in [0.717, 1.165) is 29.7 Å². The van der Waals surface area contributed by atoms with Gasteiger partial charge in [0.2, 0.25) is 0 Å². The quantitative estimate of drug-likeness (QED) is 0.757. The van der Waals surface area contributed by atoms with Crippen molar-refractivity contribution in [2.45, 2.75) is 12.8 Å². The Balaban J connectivity index is 2.81. The van der Waals surface area contributed by atoms with Gasteiger partial charge in [-0.2, -0.15) is 0 Å². The van der Waals surface area contributed by atoms with Gasteiger partial charge in [-0.15, -0.1) is 0 Å². The fourth-order valence-corrected chi connectivity index (χ4v) is 1.56. The second kappa shape index (κ2) is 5.91. The molecule has 2 nitrogen and oxygen atoms in total. The summed E-state index contributed by atoms with van der Waals surface area (Å²) in [6, 6.07) is 5.98. The average molecular weight is 259 g/mol. The molecule has 0 bridgehead atoms. The Morgan fingerprint density at radius 3 is 2.07 bits per heavy atom. The third-order valence-electron chi connectivity index (χ3n) is 2.01. The molecule has 0 aliphatic carbocycles. The van der Waals surface area contributed by atoms with Gasteiger partial charge >= 0.3 is 0 Å². The predicted octanol–water partition coefficient (Wildman–Crippen LogP) is 3.03. The highest BCUT2D eigenvalue weighted by molar-refractivity contribution is 9.09. The zero-order valence-electron chi connectivity index (χ0n) is 8.55. The number of alkyl halides is 1. The number of rotatable bonds is 5. The number of aryl methyl sites for hydroxylation is 1. The molecule has 3 heteroatoms. The molecule has 0 atom stereocenters. The summed E-state index contributed by atoms with van der Waals surface area (Å²) in [5, 5.41) is 1.02. The van der Waals surface area contributed by atoms with Crippen LogP contribution in [0.25, 0.3) is 0 Å². The third-order valence-corrected chi connectivity index (χ3v) is 2.57. The van der Waals surface area contributed by atoms with E-state index >= 15 is 0 Å². The second-order valence-electron chi connectivity index (χ2n) is 3.01. The molecule has 0 spiro atoms. The van der Waals surface area contributed by atoms with Gasteiger partial charge in [0.15, 0.2) is 0 Å². The van der Waals surface area contributed by atoms with Crippen LogP contribution < -0.4 is 9.47 Å². The molecule has 0 aliphatic rings. The highest BCUT2D eigenvalue weighted by Crippen LogP contribution is 2.23. The number of benzene rings is 1. The Bertz CT molecular complexity index is 264. The Hall–Kier alpha value is -0.700. The number of hydrogen-bond acceptors (Lipinski definition) is 2. The summed E-state index contributed by atoms with van der Waals surface area (Å²) in [5.74, 6) is 1.71. The first-order valence-electron chi connectivity index (χ1n) is 4.58. The minimum atomic E-state index is 0.855. The number of hydrogen-bond donors (Lipinski definition) is 0. The van der Waals surface area contributed by atoms with Crippen LogP contribution in [0, 0.1) is 0 Å². The SMILES string of the molecule is COc1cc(CCCBr)cc(OC)c1. The second-order valence-corrected chi connectivity index (χ2v) is 3.81. The van der Waals surface area contributed by atoms with E-state index in [1.54, 1.807) is 14.2 Å². The van der Waals surface area contributed by atoms with Crippen molar-refractivity contribution in [1.82, 2.24) is 0 Å². The van der Waals surface area contributed by atoms with Crippen LogP contribution >= 0.6 is 15.9 Å². The molecule has 0 fully saturated rings. The smallest absolute Gasteiger partial charge is 0.122 e. The van der Waals surface area contributed by atoms with Crippen molar-refractivity contribution in [3.8, 4) is 11.5 Å². The van der Waals surface area contributed by atoms with Crippen LogP contribution in [0.4, 0.5) is 0 Å². The summed E-state index contributed by atoms with van der Waals surface area (Å²) in [5.41, 5.74) is 1.25. The van der Waals surface area contributed by atoms with Crippen molar-refractivity contribution >= 4 is 15.9 Å². The van der Waals surface area contributed by atoms with Gasteiger partial charge in [0.1, 0.15) is 11.5 Å². The van der Waals surface area contributed by atoms with Crippen LogP contribution in [0.2, 0.25) is 0 Å². The van der Waals surface area contributed by atoms with Crippen molar-refractivity contribution in [3.05, 3.63) is 23.8 Å². The van der Waals surface area contributed by atoms with Crippen molar-refractivity contribution in [3.63, 3.8) is 0 Å². The van der Waals surface area contributed by atoms with E-state index in [4.69, 9.17) is 9.47 Å². The van der Waals surface area contributed by atoms with Gasteiger partial charge < -0.3 is 9.47 Å². The van der Waals surface area contributed by atoms with E-state index in [2.05, 4.69) is 15.9 Å². The minimum absolute atomic E-state index is 0.855. The van der Waals surface area contributed by atoms with Gasteiger partial charge in [0, 0.05) is 11.4 Å². The molecule has 1 rings (SSSR count). The highest BCUT2D eigenvalue weighted by atomic mass is 79.9. The van der Waals surface area contributed by atoms with Gasteiger partial charge in [0.25, 0.3) is 0 Å². The zero-order valence-corrected chi connectivity index (χ0v) is 10.1. The van der Waals surface area contributed by atoms with E-state index in [1.165, 1.54) is 5.56 Å². The van der Waals surface area contributed by atoms with Crippen LogP contribution in [0.5, 0.6) is 11.5 Å². The first-order chi connectivity index (χ1) is 6.80. The van der Waals surface area contributed by atoms with Crippen LogP contribution in [0.15, 0.2) is 18.2 Å². The maximum absolute atomic E-state index is 5.19. The van der Waals surface area contributed by atoms with Crippen LogP contribution in [0.3, 0.4) is 0 Å². The average Bonchev–Trinajstić information content (AvgIpc) is 2.25. The molecule has 1 aromatic carbocycles. The lowest BCUT2D eigenvalue weighted by Gasteiger charge is -2.07. The monoisotopic (exact) mass is 258 g/mol. The van der Waals surface area contributed by atoms with Gasteiger partial charge in [0.05, 0.1) is 14.2 Å². The van der Waals surface area contributed by atoms with E-state index in [-0.39, 0.29) is 0 Å². The van der Waals surface area contributed by atoms with Crippen molar-refractivity contribution in [2.24, 2.45) is 0 Å². The van der Waals surface area contributed by atoms with Gasteiger partial charge in [-0.1, -0.05) is 15.9 Å². The molecule has 0 aromatic heterocycles. The van der Waals surface area contributed by atoms with Crippen molar-refractivity contribution in [2.75, 3.05) is 19.5 Å². The number of ether oxygens (including phenoxy) is 2. The molecule has 78 valence electrons. The fourth-order valence-electron chi connectivity index (χ4n) is 1.28. The lowest BCUT2D eigenvalue weighted by atomic mass is 10.1. The summed E-state index contributed by atoms with van der Waals surface area (Å²) < 4.78 is 10.4. The summed E-state index contributed by atoms with van der Waals surface area (Å²) in [4.78, 5) is 0. The van der Waals surface area contributed by atoms with Gasteiger partial charge in [-0.25, -0.2) is 0 Å². The van der Waals surface area contributed by atoms with Crippen LogP contribution in [-0.4, -0.2) is 19.5 Å². The first-order valence-corrected chi connectivity index (χ1v) is 5.70. The van der Waals surface area contributed by atoms with E-state index < -0.39 is 0 Å². The molecule has 0 saturated heterocycles. The molecule has 0 amide bonds. The molecular weight excluding hydrogens is 244 g/mol. The van der Waals surface area contributed by atoms with Crippen molar-refractivity contribution < 1.29 is 9.47 Å². The molecule has 1 aromatic rings. The van der Waals surface area contributed by atoms with Crippen LogP contribution in [0.1, 0.15) is 12.0 Å². The normalized spacial score (nSPS) is 9.93. The van der Waals surface area contributed by atoms with Gasteiger partial charge in [-0.3, -0.25) is 0 Å². The maximum Gasteiger partial charge on any atom is 0.122 e. The number of halogens is 1. The Morgan fingerprint density at radius 1 is 1.07 bits per heavy atom. The molecule has 14 heavy (non-hydrogen) atoms. The summed E-state index contributed by atoms with van der Waals surface area (Å²) in [6.07, 6.45) is 2.16. The Kier molecular flexibility index (Phi) is 4.80. The lowest BCUT2D eigenvalue weighted by Crippen LogP contribution is -1.92. The first kappa shape index (κ1) is 11.4. The standard InChI is InChI=1S/C11H15BrO2/c1-13-10-6-9(4-3-5-12)7-11(8-10)14-2/h6-8H,3-5H2,1-2H3. The topological polar surface area (TPSA) is 18.5 Å². The molecule has 0 heterocycles. The summed E-state index contributed by atoms with van der Waals surface area (Å²) in [6.45, 7) is 0. The number of methoxy groups -OCH3 is 2. The summed E-state index contributed by atoms with van der Waals surface area (Å²) >= 11 is 3.42. The highest BCUT2D eigenvalue weighted by Gasteiger charge is 2.01. The Labute approximate surface area is 93.4 Å². The molecule has 0 N–H and O–H groups in total. The Morgan fingerprint density at radius 2 is 1.64 bits per heavy atom. The molecule has 0 radical (unpaired) electrons. The maximum atomic E-state index is 5.19. The minimum Gasteiger partial charge on any atom is -0.497 e. The zero-order chi connectivity index (χ0) is 10.4. The van der Waals surface area contributed by atoms with Crippen molar-refractivity contribution in [1.29, 1.82) is 0 Å². The van der Waals surface area contributed by atoms with E-state index in [9.17, 15) is 0 Å². The molecule has 0 unspecified atom stereocenters. The van der Waals surface area contributed by atoms with Crippen LogP contribution in [-0.2, 0) is 6.42 Å². The lowest BCUT2D eigenvalue weighted by molar-refractivity contribution is 0.393.